The van der Waals surface area contributed by atoms with Crippen LogP contribution in [0.15, 0.2) is 78.9 Å². The SMILES string of the molecule is Cc1cc(C)c(C(C=Cc2ccccc2)Nc2ccccc2)c(C)c1. The van der Waals surface area contributed by atoms with E-state index in [0.717, 1.165) is 5.69 Å². The molecule has 0 radical (unpaired) electrons. The van der Waals surface area contributed by atoms with Crippen LogP contribution in [-0.4, -0.2) is 0 Å². The molecule has 1 atom stereocenters. The number of hydrogen-bond donors (Lipinski definition) is 1. The summed E-state index contributed by atoms with van der Waals surface area (Å²) >= 11 is 0. The van der Waals surface area contributed by atoms with Crippen LogP contribution >= 0.6 is 0 Å². The Bertz CT molecular complexity index is 825. The summed E-state index contributed by atoms with van der Waals surface area (Å²) < 4.78 is 0. The van der Waals surface area contributed by atoms with E-state index in [-0.39, 0.29) is 6.04 Å². The first-order valence-electron chi connectivity index (χ1n) is 8.76. The van der Waals surface area contributed by atoms with Crippen molar-refractivity contribution in [1.29, 1.82) is 0 Å². The van der Waals surface area contributed by atoms with Crippen LogP contribution in [0.4, 0.5) is 5.69 Å². The van der Waals surface area contributed by atoms with Gasteiger partial charge in [0.1, 0.15) is 0 Å². The Morgan fingerprint density at radius 2 is 1.32 bits per heavy atom. The molecule has 1 heteroatoms. The van der Waals surface area contributed by atoms with Crippen LogP contribution in [0.1, 0.15) is 33.9 Å². The van der Waals surface area contributed by atoms with Gasteiger partial charge in [0.25, 0.3) is 0 Å². The smallest absolute Gasteiger partial charge is 0.0706 e. The first-order chi connectivity index (χ1) is 12.1. The Labute approximate surface area is 151 Å². The maximum absolute atomic E-state index is 3.68. The molecule has 0 amide bonds. The molecular weight excluding hydrogens is 302 g/mol. The highest BCUT2D eigenvalue weighted by Crippen LogP contribution is 2.28. The zero-order valence-corrected chi connectivity index (χ0v) is 15.2. The summed E-state index contributed by atoms with van der Waals surface area (Å²) in [5.41, 5.74) is 7.65. The molecule has 0 bridgehead atoms. The second-order valence-electron chi connectivity index (χ2n) is 6.57. The van der Waals surface area contributed by atoms with Gasteiger partial charge in [-0.2, -0.15) is 0 Å². The van der Waals surface area contributed by atoms with Gasteiger partial charge in [0.2, 0.25) is 0 Å². The Morgan fingerprint density at radius 3 is 1.92 bits per heavy atom. The average Bonchev–Trinajstić information content (AvgIpc) is 2.60. The molecule has 0 saturated heterocycles. The summed E-state index contributed by atoms with van der Waals surface area (Å²) in [7, 11) is 0. The predicted molar refractivity (Wildman–Crippen MR) is 109 cm³/mol. The number of para-hydroxylation sites is 1. The topological polar surface area (TPSA) is 12.0 Å². The van der Waals surface area contributed by atoms with Crippen molar-refractivity contribution in [2.45, 2.75) is 26.8 Å². The van der Waals surface area contributed by atoms with Gasteiger partial charge in [0.15, 0.2) is 0 Å². The fourth-order valence-corrected chi connectivity index (χ4v) is 3.38. The van der Waals surface area contributed by atoms with Crippen molar-refractivity contribution in [3.05, 3.63) is 107 Å². The molecule has 1 nitrogen and oxygen atoms in total. The van der Waals surface area contributed by atoms with Gasteiger partial charge in [-0.25, -0.2) is 0 Å². The van der Waals surface area contributed by atoms with E-state index < -0.39 is 0 Å². The number of anilines is 1. The number of aryl methyl sites for hydroxylation is 3. The fourth-order valence-electron chi connectivity index (χ4n) is 3.38. The summed E-state index contributed by atoms with van der Waals surface area (Å²) in [6.07, 6.45) is 4.45. The van der Waals surface area contributed by atoms with Gasteiger partial charge in [-0.3, -0.25) is 0 Å². The van der Waals surface area contributed by atoms with Gasteiger partial charge >= 0.3 is 0 Å². The van der Waals surface area contributed by atoms with Crippen molar-refractivity contribution in [2.75, 3.05) is 5.32 Å². The maximum Gasteiger partial charge on any atom is 0.0706 e. The minimum atomic E-state index is 0.128. The van der Waals surface area contributed by atoms with Crippen molar-refractivity contribution >= 4 is 11.8 Å². The summed E-state index contributed by atoms with van der Waals surface area (Å²) in [5, 5.41) is 3.68. The number of benzene rings is 3. The molecule has 126 valence electrons. The standard InChI is InChI=1S/C24H25N/c1-18-16-19(2)24(20(3)17-18)23(25-22-12-8-5-9-13-22)15-14-21-10-6-4-7-11-21/h4-17,23,25H,1-3H3. The first-order valence-corrected chi connectivity index (χ1v) is 8.76. The number of hydrogen-bond acceptors (Lipinski definition) is 1. The van der Waals surface area contributed by atoms with Gasteiger partial charge in [-0.15, -0.1) is 0 Å². The molecule has 0 spiro atoms. The molecule has 3 rings (SSSR count). The largest absolute Gasteiger partial charge is 0.375 e. The van der Waals surface area contributed by atoms with E-state index in [1.807, 2.05) is 12.1 Å². The zero-order chi connectivity index (χ0) is 17.6. The van der Waals surface area contributed by atoms with E-state index in [9.17, 15) is 0 Å². The third kappa shape index (κ3) is 4.39. The van der Waals surface area contributed by atoms with Crippen molar-refractivity contribution in [3.8, 4) is 0 Å². The van der Waals surface area contributed by atoms with E-state index >= 15 is 0 Å². The van der Waals surface area contributed by atoms with E-state index in [0.29, 0.717) is 0 Å². The molecule has 3 aromatic carbocycles. The monoisotopic (exact) mass is 327 g/mol. The minimum Gasteiger partial charge on any atom is -0.375 e. The van der Waals surface area contributed by atoms with Crippen LogP contribution in [0, 0.1) is 20.8 Å². The highest BCUT2D eigenvalue weighted by Gasteiger charge is 2.14. The lowest BCUT2D eigenvalue weighted by atomic mass is 9.93. The molecule has 1 unspecified atom stereocenters. The van der Waals surface area contributed by atoms with Crippen molar-refractivity contribution in [3.63, 3.8) is 0 Å². The lowest BCUT2D eigenvalue weighted by Crippen LogP contribution is -2.11. The molecule has 0 saturated carbocycles. The fraction of sp³-hybridized carbons (Fsp3) is 0.167. The van der Waals surface area contributed by atoms with Gasteiger partial charge in [-0.1, -0.05) is 78.4 Å². The quantitative estimate of drug-likeness (QED) is 0.565. The molecule has 0 fully saturated rings. The molecule has 3 aromatic rings. The molecule has 0 aliphatic carbocycles. The van der Waals surface area contributed by atoms with Gasteiger partial charge < -0.3 is 5.32 Å². The van der Waals surface area contributed by atoms with Gasteiger partial charge in [-0.05, 0) is 55.2 Å². The molecule has 25 heavy (non-hydrogen) atoms. The minimum absolute atomic E-state index is 0.128. The highest BCUT2D eigenvalue weighted by atomic mass is 14.9. The third-order valence-electron chi connectivity index (χ3n) is 4.43. The van der Waals surface area contributed by atoms with Crippen molar-refractivity contribution < 1.29 is 0 Å². The van der Waals surface area contributed by atoms with Crippen LogP contribution in [0.5, 0.6) is 0 Å². The number of rotatable bonds is 5. The second-order valence-corrected chi connectivity index (χ2v) is 6.57. The van der Waals surface area contributed by atoms with Gasteiger partial charge in [0.05, 0.1) is 6.04 Å². The molecular formula is C24H25N. The summed E-state index contributed by atoms with van der Waals surface area (Å²) in [6.45, 7) is 6.56. The van der Waals surface area contributed by atoms with Crippen LogP contribution < -0.4 is 5.32 Å². The van der Waals surface area contributed by atoms with E-state index in [4.69, 9.17) is 0 Å². The molecule has 1 N–H and O–H groups in total. The molecule has 0 aliphatic heterocycles. The lowest BCUT2D eigenvalue weighted by molar-refractivity contribution is 0.954. The Morgan fingerprint density at radius 1 is 0.760 bits per heavy atom. The van der Waals surface area contributed by atoms with Gasteiger partial charge in [0, 0.05) is 5.69 Å². The summed E-state index contributed by atoms with van der Waals surface area (Å²) in [4.78, 5) is 0. The van der Waals surface area contributed by atoms with Crippen LogP contribution in [0.3, 0.4) is 0 Å². The molecule has 0 aromatic heterocycles. The van der Waals surface area contributed by atoms with Crippen molar-refractivity contribution in [1.82, 2.24) is 0 Å². The summed E-state index contributed by atoms with van der Waals surface area (Å²) in [5.74, 6) is 0. The van der Waals surface area contributed by atoms with Crippen LogP contribution in [0.25, 0.3) is 6.08 Å². The van der Waals surface area contributed by atoms with Crippen LogP contribution in [-0.2, 0) is 0 Å². The highest BCUT2D eigenvalue weighted by molar-refractivity contribution is 5.56. The van der Waals surface area contributed by atoms with Crippen LogP contribution in [0.2, 0.25) is 0 Å². The number of nitrogens with one attached hydrogen (secondary N) is 1. The maximum atomic E-state index is 3.68. The molecule has 0 aliphatic rings. The summed E-state index contributed by atoms with van der Waals surface area (Å²) in [6, 6.07) is 25.5. The van der Waals surface area contributed by atoms with E-state index in [1.165, 1.54) is 27.8 Å². The second kappa shape index (κ2) is 7.85. The normalized spacial score (nSPS) is 12.3. The Hall–Kier alpha value is -2.80. The third-order valence-corrected chi connectivity index (χ3v) is 4.43. The Kier molecular flexibility index (Phi) is 5.35. The van der Waals surface area contributed by atoms with E-state index in [1.54, 1.807) is 0 Å². The predicted octanol–water partition coefficient (Wildman–Crippen LogP) is 6.48. The first kappa shape index (κ1) is 17.0. The average molecular weight is 327 g/mol. The Balaban J connectivity index is 1.98. The molecule has 0 heterocycles. The zero-order valence-electron chi connectivity index (χ0n) is 15.2. The van der Waals surface area contributed by atoms with E-state index in [2.05, 4.69) is 98.9 Å². The van der Waals surface area contributed by atoms with Crippen molar-refractivity contribution in [2.24, 2.45) is 0 Å². The lowest BCUT2D eigenvalue weighted by Gasteiger charge is -2.22.